The van der Waals surface area contributed by atoms with E-state index in [2.05, 4.69) is 19.6 Å². The van der Waals surface area contributed by atoms with Crippen LogP contribution in [0.25, 0.3) is 0 Å². The van der Waals surface area contributed by atoms with Crippen LogP contribution in [0.3, 0.4) is 0 Å². The van der Waals surface area contributed by atoms with Gasteiger partial charge < -0.3 is 4.74 Å². The summed E-state index contributed by atoms with van der Waals surface area (Å²) in [6.45, 7) is 7.01. The molecule has 2 rings (SSSR count). The van der Waals surface area contributed by atoms with Crippen LogP contribution in [0, 0.1) is 17.8 Å². The van der Waals surface area contributed by atoms with Crippen molar-refractivity contribution < 1.29 is 4.74 Å². The van der Waals surface area contributed by atoms with E-state index in [0.717, 1.165) is 30.8 Å². The Morgan fingerprint density at radius 2 is 1.35 bits per heavy atom. The third-order valence-corrected chi connectivity index (χ3v) is 6.32. The topological polar surface area (TPSA) is 9.23 Å². The van der Waals surface area contributed by atoms with Crippen LogP contribution in [-0.2, 0) is 4.74 Å². The Labute approximate surface area is 145 Å². The first-order valence-electron chi connectivity index (χ1n) is 10.5. The number of hydrogen-bond acceptors (Lipinski definition) is 1. The van der Waals surface area contributed by atoms with E-state index in [1.807, 2.05) is 0 Å². The van der Waals surface area contributed by atoms with Crippen LogP contribution in [0.15, 0.2) is 12.7 Å². The van der Waals surface area contributed by atoms with Crippen LogP contribution in [0.2, 0.25) is 0 Å². The lowest BCUT2D eigenvalue weighted by molar-refractivity contribution is 0.0168. The molecule has 0 unspecified atom stereocenters. The van der Waals surface area contributed by atoms with Crippen molar-refractivity contribution in [3.05, 3.63) is 12.7 Å². The third kappa shape index (κ3) is 7.42. The summed E-state index contributed by atoms with van der Waals surface area (Å²) in [6, 6.07) is 0. The molecule has 0 saturated heterocycles. The summed E-state index contributed by atoms with van der Waals surface area (Å²) in [4.78, 5) is 0. The van der Waals surface area contributed by atoms with Crippen LogP contribution in [0.4, 0.5) is 0 Å². The molecule has 134 valence electrons. The van der Waals surface area contributed by atoms with E-state index in [-0.39, 0.29) is 0 Å². The van der Waals surface area contributed by atoms with Crippen molar-refractivity contribution in [2.75, 3.05) is 6.61 Å². The predicted molar refractivity (Wildman–Crippen MR) is 101 cm³/mol. The fourth-order valence-corrected chi connectivity index (χ4v) is 4.70. The summed E-state index contributed by atoms with van der Waals surface area (Å²) in [6.07, 6.45) is 22.3. The normalized spacial score (nSPS) is 31.9. The fourth-order valence-electron chi connectivity index (χ4n) is 4.70. The first-order valence-corrected chi connectivity index (χ1v) is 10.5. The van der Waals surface area contributed by atoms with Gasteiger partial charge in [0.05, 0.1) is 6.10 Å². The van der Waals surface area contributed by atoms with Gasteiger partial charge in [-0.2, -0.15) is 0 Å². The molecule has 0 aromatic carbocycles. The summed E-state index contributed by atoms with van der Waals surface area (Å²) in [5, 5.41) is 0. The van der Waals surface area contributed by atoms with Gasteiger partial charge >= 0.3 is 0 Å². The minimum atomic E-state index is 0.581. The van der Waals surface area contributed by atoms with Gasteiger partial charge in [-0.05, 0) is 62.7 Å². The van der Waals surface area contributed by atoms with E-state index in [0.29, 0.717) is 6.10 Å². The highest BCUT2D eigenvalue weighted by Crippen LogP contribution is 2.37. The zero-order chi connectivity index (χ0) is 16.3. The summed E-state index contributed by atoms with van der Waals surface area (Å²) < 4.78 is 5.92. The lowest BCUT2D eigenvalue weighted by Gasteiger charge is -2.32. The number of allylic oxidation sites excluding steroid dienone is 1. The van der Waals surface area contributed by atoms with Crippen LogP contribution in [-0.4, -0.2) is 12.7 Å². The van der Waals surface area contributed by atoms with Gasteiger partial charge in [-0.25, -0.2) is 0 Å². The van der Waals surface area contributed by atoms with E-state index in [4.69, 9.17) is 4.74 Å². The summed E-state index contributed by atoms with van der Waals surface area (Å²) >= 11 is 0. The molecular formula is C22H40O. The molecule has 1 nitrogen and oxygen atoms in total. The number of hydrogen-bond donors (Lipinski definition) is 0. The zero-order valence-corrected chi connectivity index (χ0v) is 15.6. The smallest absolute Gasteiger partial charge is 0.0575 e. The van der Waals surface area contributed by atoms with Crippen molar-refractivity contribution in [2.24, 2.45) is 17.8 Å². The van der Waals surface area contributed by atoms with Crippen molar-refractivity contribution in [3.63, 3.8) is 0 Å². The van der Waals surface area contributed by atoms with Crippen molar-refractivity contribution in [1.82, 2.24) is 0 Å². The van der Waals surface area contributed by atoms with Crippen LogP contribution >= 0.6 is 0 Å². The van der Waals surface area contributed by atoms with Crippen LogP contribution in [0.1, 0.15) is 96.8 Å². The summed E-state index contributed by atoms with van der Waals surface area (Å²) in [7, 11) is 0. The largest absolute Gasteiger partial charge is 0.378 e. The Bertz CT molecular complexity index is 295. The second-order valence-corrected chi connectivity index (χ2v) is 8.20. The minimum Gasteiger partial charge on any atom is -0.378 e. The second-order valence-electron chi connectivity index (χ2n) is 8.20. The molecule has 1 heteroatoms. The maximum Gasteiger partial charge on any atom is 0.0575 e. The maximum atomic E-state index is 5.92. The summed E-state index contributed by atoms with van der Waals surface area (Å²) in [5.74, 6) is 3.07. The highest BCUT2D eigenvalue weighted by atomic mass is 16.5. The molecule has 0 spiro atoms. The first kappa shape index (κ1) is 19.0. The molecule has 0 radical (unpaired) electrons. The van der Waals surface area contributed by atoms with Crippen molar-refractivity contribution in [3.8, 4) is 0 Å². The number of rotatable bonds is 10. The quantitative estimate of drug-likeness (QED) is 0.314. The van der Waals surface area contributed by atoms with Gasteiger partial charge in [0.25, 0.3) is 0 Å². The zero-order valence-electron chi connectivity index (χ0n) is 15.6. The molecule has 0 aromatic rings. The number of unbranched alkanes of at least 4 members (excludes halogenated alkanes) is 1. The molecule has 0 aromatic heterocycles. The van der Waals surface area contributed by atoms with Crippen molar-refractivity contribution >= 4 is 0 Å². The van der Waals surface area contributed by atoms with Gasteiger partial charge in [-0.15, -0.1) is 6.58 Å². The van der Waals surface area contributed by atoms with Crippen molar-refractivity contribution in [2.45, 2.75) is 103 Å². The summed E-state index contributed by atoms with van der Waals surface area (Å²) in [5.41, 5.74) is 0. The molecule has 0 heterocycles. The van der Waals surface area contributed by atoms with Crippen LogP contribution < -0.4 is 0 Å². The van der Waals surface area contributed by atoms with Gasteiger partial charge in [-0.3, -0.25) is 0 Å². The average molecular weight is 321 g/mol. The molecule has 0 bridgehead atoms. The molecule has 2 saturated carbocycles. The molecule has 0 aliphatic heterocycles. The molecule has 0 atom stereocenters. The fraction of sp³-hybridized carbons (Fsp3) is 0.909. The van der Waals surface area contributed by atoms with Gasteiger partial charge in [0.15, 0.2) is 0 Å². The molecular weight excluding hydrogens is 280 g/mol. The van der Waals surface area contributed by atoms with Gasteiger partial charge in [-0.1, -0.05) is 57.9 Å². The molecule has 2 aliphatic rings. The standard InChI is InChI=1S/C22H40O/c1-3-5-6-7-19-8-10-20(11-9-19)12-13-21-14-16-22(17-15-21)23-18-4-2/h3,19-22H,1,4-18H2,2H3/t19-,20-,21-,22-. The molecule has 0 N–H and O–H groups in total. The lowest BCUT2D eigenvalue weighted by Crippen LogP contribution is -2.23. The van der Waals surface area contributed by atoms with Crippen LogP contribution in [0.5, 0.6) is 0 Å². The minimum absolute atomic E-state index is 0.581. The Kier molecular flexibility index (Phi) is 9.34. The van der Waals surface area contributed by atoms with E-state index in [1.54, 1.807) is 0 Å². The number of ether oxygens (including phenoxy) is 1. The molecule has 0 amide bonds. The Balaban J connectivity index is 1.51. The predicted octanol–water partition coefficient (Wildman–Crippen LogP) is 6.91. The van der Waals surface area contributed by atoms with Crippen molar-refractivity contribution in [1.29, 1.82) is 0 Å². The van der Waals surface area contributed by atoms with E-state index < -0.39 is 0 Å². The van der Waals surface area contributed by atoms with Gasteiger partial charge in [0.2, 0.25) is 0 Å². The Morgan fingerprint density at radius 3 is 1.87 bits per heavy atom. The highest BCUT2D eigenvalue weighted by molar-refractivity contribution is 4.77. The molecule has 2 aliphatic carbocycles. The first-order chi connectivity index (χ1) is 11.3. The Hall–Kier alpha value is -0.300. The third-order valence-electron chi connectivity index (χ3n) is 6.32. The molecule has 23 heavy (non-hydrogen) atoms. The Morgan fingerprint density at radius 1 is 0.826 bits per heavy atom. The second kappa shape index (κ2) is 11.3. The van der Waals surface area contributed by atoms with E-state index >= 15 is 0 Å². The van der Waals surface area contributed by atoms with Gasteiger partial charge in [0.1, 0.15) is 0 Å². The maximum absolute atomic E-state index is 5.92. The lowest BCUT2D eigenvalue weighted by atomic mass is 9.76. The highest BCUT2D eigenvalue weighted by Gasteiger charge is 2.24. The average Bonchev–Trinajstić information content (AvgIpc) is 2.60. The van der Waals surface area contributed by atoms with E-state index in [9.17, 15) is 0 Å². The van der Waals surface area contributed by atoms with Gasteiger partial charge in [0, 0.05) is 6.61 Å². The van der Waals surface area contributed by atoms with E-state index in [1.165, 1.54) is 83.5 Å². The molecule has 2 fully saturated rings. The monoisotopic (exact) mass is 320 g/mol. The SMILES string of the molecule is C=CCCC[C@H]1CC[C@H](CC[C@H]2CC[C@H](OCCC)CC2)CC1.